The van der Waals surface area contributed by atoms with Gasteiger partial charge in [0.1, 0.15) is 6.61 Å². The molecule has 0 bridgehead atoms. The van der Waals surface area contributed by atoms with E-state index in [0.29, 0.717) is 38.0 Å². The molecule has 32 heavy (non-hydrogen) atoms. The van der Waals surface area contributed by atoms with Gasteiger partial charge in [0.15, 0.2) is 15.8 Å². The maximum atomic E-state index is 13.0. The fraction of sp³-hybridized carbons (Fsp3) is 0.0870. The lowest BCUT2D eigenvalue weighted by molar-refractivity contribution is -0.113. The third kappa shape index (κ3) is 5.09. The van der Waals surface area contributed by atoms with Crippen LogP contribution in [0.3, 0.4) is 0 Å². The summed E-state index contributed by atoms with van der Waals surface area (Å²) in [6.07, 6.45) is 3.53. The Morgan fingerprint density at radius 3 is 2.78 bits per heavy atom. The fourth-order valence-electron chi connectivity index (χ4n) is 3.05. The Kier molecular flexibility index (Phi) is 7.34. The van der Waals surface area contributed by atoms with E-state index in [1.165, 1.54) is 16.7 Å². The summed E-state index contributed by atoms with van der Waals surface area (Å²) < 4.78 is 12.8. The molecule has 162 valence electrons. The molecule has 0 radical (unpaired) electrons. The average molecular weight is 595 g/mol. The molecule has 0 spiro atoms. The van der Waals surface area contributed by atoms with E-state index in [4.69, 9.17) is 33.3 Å². The van der Waals surface area contributed by atoms with Crippen LogP contribution in [0.25, 0.3) is 6.08 Å². The van der Waals surface area contributed by atoms with E-state index in [1.807, 2.05) is 30.3 Å². The van der Waals surface area contributed by atoms with Crippen molar-refractivity contribution in [3.05, 3.63) is 85.5 Å². The smallest absolute Gasteiger partial charge is 0.270 e. The number of carbonyl (C=O) groups excluding carboxylic acids is 1. The van der Waals surface area contributed by atoms with Gasteiger partial charge in [-0.1, -0.05) is 47.7 Å². The van der Waals surface area contributed by atoms with Crippen LogP contribution in [0.1, 0.15) is 11.3 Å². The van der Waals surface area contributed by atoms with Gasteiger partial charge in [-0.25, -0.2) is 0 Å². The Bertz CT molecular complexity index is 1220. The number of carbonyl (C=O) groups is 1. The largest absolute Gasteiger partial charge is 0.493 e. The van der Waals surface area contributed by atoms with Gasteiger partial charge in [0, 0.05) is 11.2 Å². The third-order valence-electron chi connectivity index (χ3n) is 4.50. The second-order valence-corrected chi connectivity index (χ2v) is 9.92. The molecule has 9 heteroatoms. The summed E-state index contributed by atoms with van der Waals surface area (Å²) in [5, 5.41) is 0.543. The molecule has 1 aliphatic rings. The Hall–Kier alpha value is -2.14. The second kappa shape index (κ2) is 10.2. The molecule has 0 N–H and O–H groups in total. The van der Waals surface area contributed by atoms with Crippen LogP contribution in [-0.2, 0) is 11.4 Å². The summed E-state index contributed by atoms with van der Waals surface area (Å²) in [5.41, 5.74) is 2.27. The van der Waals surface area contributed by atoms with Crippen molar-refractivity contribution in [3.8, 4) is 11.5 Å². The van der Waals surface area contributed by atoms with E-state index in [9.17, 15) is 4.79 Å². The van der Waals surface area contributed by atoms with Crippen LogP contribution >= 0.6 is 58.2 Å². The first kappa shape index (κ1) is 23.0. The van der Waals surface area contributed by atoms with Gasteiger partial charge in [-0.15, -0.1) is 0 Å². The van der Waals surface area contributed by atoms with Crippen molar-refractivity contribution in [2.24, 2.45) is 0 Å². The first-order chi connectivity index (χ1) is 15.5. The molecule has 0 saturated carbocycles. The maximum absolute atomic E-state index is 13.0. The van der Waals surface area contributed by atoms with Gasteiger partial charge in [-0.05, 0) is 76.7 Å². The molecule has 4 rings (SSSR count). The minimum Gasteiger partial charge on any atom is -0.493 e. The number of hydrogen-bond acceptors (Lipinski definition) is 6. The quantitative estimate of drug-likeness (QED) is 0.189. The Morgan fingerprint density at radius 1 is 1.22 bits per heavy atom. The molecule has 0 unspecified atom stereocenters. The molecule has 1 aromatic heterocycles. The molecule has 0 atom stereocenters. The summed E-state index contributed by atoms with van der Waals surface area (Å²) in [4.78, 5) is 19.3. The number of aromatic nitrogens is 1. The molecule has 1 aliphatic heterocycles. The zero-order chi connectivity index (χ0) is 22.7. The van der Waals surface area contributed by atoms with Crippen molar-refractivity contribution >= 4 is 80.2 Å². The monoisotopic (exact) mass is 594 g/mol. The number of amides is 1. The minimum absolute atomic E-state index is 0.188. The lowest BCUT2D eigenvalue weighted by atomic mass is 10.1. The highest BCUT2D eigenvalue weighted by Crippen LogP contribution is 2.39. The first-order valence-corrected chi connectivity index (χ1v) is 12.1. The van der Waals surface area contributed by atoms with Crippen LogP contribution in [0, 0.1) is 3.57 Å². The Morgan fingerprint density at radius 2 is 2.06 bits per heavy atom. The van der Waals surface area contributed by atoms with E-state index in [0.717, 1.165) is 14.8 Å². The van der Waals surface area contributed by atoms with Crippen LogP contribution in [0.4, 0.5) is 5.69 Å². The summed E-state index contributed by atoms with van der Waals surface area (Å²) >= 11 is 15.0. The number of rotatable bonds is 6. The molecule has 1 saturated heterocycles. The highest BCUT2D eigenvalue weighted by molar-refractivity contribution is 14.1. The normalized spacial score (nSPS) is 14.8. The minimum atomic E-state index is -0.188. The topological polar surface area (TPSA) is 51.7 Å². The number of ether oxygens (including phenoxy) is 2. The van der Waals surface area contributed by atoms with Crippen molar-refractivity contribution in [1.82, 2.24) is 4.98 Å². The first-order valence-electron chi connectivity index (χ1n) is 9.40. The molecule has 2 aromatic carbocycles. The van der Waals surface area contributed by atoms with Gasteiger partial charge >= 0.3 is 0 Å². The molecule has 0 aliphatic carbocycles. The van der Waals surface area contributed by atoms with Gasteiger partial charge in [0.05, 0.1) is 27.0 Å². The third-order valence-corrected chi connectivity index (χ3v) is 6.84. The van der Waals surface area contributed by atoms with E-state index in [-0.39, 0.29) is 5.91 Å². The van der Waals surface area contributed by atoms with Gasteiger partial charge in [0.2, 0.25) is 0 Å². The highest BCUT2D eigenvalue weighted by Gasteiger charge is 2.33. The number of pyridine rings is 1. The highest BCUT2D eigenvalue weighted by atomic mass is 127. The van der Waals surface area contributed by atoms with Gasteiger partial charge in [-0.3, -0.25) is 14.7 Å². The molecule has 3 aromatic rings. The summed E-state index contributed by atoms with van der Waals surface area (Å²) in [7, 11) is 1.58. The SMILES string of the molecule is COc1cc(/C=C2/SC(=S)N(c3cccc(Cl)c3)C2=O)cc(I)c1OCc1ccccn1. The van der Waals surface area contributed by atoms with Gasteiger partial charge in [0.25, 0.3) is 5.91 Å². The van der Waals surface area contributed by atoms with Crippen LogP contribution < -0.4 is 14.4 Å². The van der Waals surface area contributed by atoms with E-state index >= 15 is 0 Å². The fourth-order valence-corrected chi connectivity index (χ4v) is 5.31. The molecule has 2 heterocycles. The van der Waals surface area contributed by atoms with Gasteiger partial charge in [-0.2, -0.15) is 0 Å². The lowest BCUT2D eigenvalue weighted by Crippen LogP contribution is -2.27. The van der Waals surface area contributed by atoms with E-state index in [2.05, 4.69) is 27.6 Å². The Balaban J connectivity index is 1.59. The van der Waals surface area contributed by atoms with Crippen LogP contribution in [-0.4, -0.2) is 22.3 Å². The number of nitrogens with zero attached hydrogens (tertiary/aromatic N) is 2. The van der Waals surface area contributed by atoms with Crippen molar-refractivity contribution in [1.29, 1.82) is 0 Å². The number of hydrogen-bond donors (Lipinski definition) is 0. The predicted octanol–water partition coefficient (Wildman–Crippen LogP) is 6.33. The summed E-state index contributed by atoms with van der Waals surface area (Å²) in [6, 6.07) is 16.5. The molecular formula is C23H16ClIN2O3S2. The molecular weight excluding hydrogens is 579 g/mol. The molecule has 5 nitrogen and oxygen atoms in total. The lowest BCUT2D eigenvalue weighted by Gasteiger charge is -2.14. The van der Waals surface area contributed by atoms with Gasteiger partial charge < -0.3 is 9.47 Å². The molecule has 1 fully saturated rings. The van der Waals surface area contributed by atoms with Crippen molar-refractivity contribution in [2.75, 3.05) is 12.0 Å². The summed E-state index contributed by atoms with van der Waals surface area (Å²) in [6.45, 7) is 0.324. The second-order valence-electron chi connectivity index (χ2n) is 6.64. The van der Waals surface area contributed by atoms with E-state index in [1.54, 1.807) is 43.6 Å². The average Bonchev–Trinajstić information content (AvgIpc) is 3.06. The number of benzene rings is 2. The van der Waals surface area contributed by atoms with Crippen molar-refractivity contribution < 1.29 is 14.3 Å². The maximum Gasteiger partial charge on any atom is 0.270 e. The van der Waals surface area contributed by atoms with Crippen LogP contribution in [0.2, 0.25) is 5.02 Å². The van der Waals surface area contributed by atoms with E-state index < -0.39 is 0 Å². The number of halogens is 2. The number of anilines is 1. The Labute approximate surface area is 213 Å². The zero-order valence-electron chi connectivity index (χ0n) is 16.7. The molecule has 1 amide bonds. The van der Waals surface area contributed by atoms with Crippen LogP contribution in [0.15, 0.2) is 65.7 Å². The zero-order valence-corrected chi connectivity index (χ0v) is 21.3. The number of methoxy groups -OCH3 is 1. The van der Waals surface area contributed by atoms with Crippen LogP contribution in [0.5, 0.6) is 11.5 Å². The number of thioether (sulfide) groups is 1. The van der Waals surface area contributed by atoms with Crippen molar-refractivity contribution in [2.45, 2.75) is 6.61 Å². The van der Waals surface area contributed by atoms with Crippen molar-refractivity contribution in [3.63, 3.8) is 0 Å². The number of thiocarbonyl (C=S) groups is 1. The standard InChI is InChI=1S/C23H16ClIN2O3S2/c1-29-19-10-14(9-18(25)21(19)30-13-16-6-2-3-8-26-16)11-20-22(28)27(23(31)32-20)17-7-4-5-15(24)12-17/h2-12H,13H2,1H3/b20-11+. The predicted molar refractivity (Wildman–Crippen MR) is 141 cm³/mol. The summed E-state index contributed by atoms with van der Waals surface area (Å²) in [5.74, 6) is 1.01.